The summed E-state index contributed by atoms with van der Waals surface area (Å²) < 4.78 is 18.4. The summed E-state index contributed by atoms with van der Waals surface area (Å²) in [7, 11) is 1.16. The predicted octanol–water partition coefficient (Wildman–Crippen LogP) is 0.939. The van der Waals surface area contributed by atoms with Gasteiger partial charge in [0.2, 0.25) is 5.95 Å². The average molecular weight is 278 g/mol. The van der Waals surface area contributed by atoms with E-state index in [1.165, 1.54) is 18.2 Å². The number of hydrogen-bond acceptors (Lipinski definition) is 7. The third-order valence-corrected chi connectivity index (χ3v) is 2.57. The molecular formula is C12H11FN4O3. The normalized spacial score (nSPS) is 10.3. The van der Waals surface area contributed by atoms with Crippen LogP contribution in [0.4, 0.5) is 16.2 Å². The van der Waals surface area contributed by atoms with Gasteiger partial charge in [0.1, 0.15) is 17.0 Å². The van der Waals surface area contributed by atoms with Gasteiger partial charge in [0.25, 0.3) is 0 Å². The van der Waals surface area contributed by atoms with Gasteiger partial charge in [-0.25, -0.2) is 14.2 Å². The van der Waals surface area contributed by atoms with Gasteiger partial charge in [-0.2, -0.15) is 4.98 Å². The van der Waals surface area contributed by atoms with Crippen molar-refractivity contribution in [2.24, 2.45) is 0 Å². The number of nitrogens with two attached hydrogens (primary N) is 2. The van der Waals surface area contributed by atoms with E-state index in [1.54, 1.807) is 0 Å². The van der Waals surface area contributed by atoms with Crippen molar-refractivity contribution in [3.63, 3.8) is 0 Å². The van der Waals surface area contributed by atoms with Crippen molar-refractivity contribution < 1.29 is 19.0 Å². The molecule has 1 aromatic heterocycles. The van der Waals surface area contributed by atoms with Crippen molar-refractivity contribution in [3.05, 3.63) is 29.6 Å². The number of nitrogen functional groups attached to an aromatic ring is 2. The van der Waals surface area contributed by atoms with Gasteiger partial charge in [-0.05, 0) is 18.2 Å². The Balaban J connectivity index is 2.62. The number of anilines is 2. The lowest BCUT2D eigenvalue weighted by atomic mass is 10.1. The molecule has 0 fully saturated rings. The monoisotopic (exact) mass is 278 g/mol. The summed E-state index contributed by atoms with van der Waals surface area (Å²) in [6.07, 6.45) is 0. The quantitative estimate of drug-likeness (QED) is 0.698. The maximum Gasteiger partial charge on any atom is 0.341 e. The Morgan fingerprint density at radius 1 is 1.35 bits per heavy atom. The Morgan fingerprint density at radius 3 is 2.70 bits per heavy atom. The van der Waals surface area contributed by atoms with E-state index in [0.29, 0.717) is 0 Å². The summed E-state index contributed by atoms with van der Waals surface area (Å²) in [6, 6.07) is 3.81. The third kappa shape index (κ3) is 2.30. The van der Waals surface area contributed by atoms with Crippen LogP contribution in [0.15, 0.2) is 18.2 Å². The minimum atomic E-state index is -0.860. The molecule has 20 heavy (non-hydrogen) atoms. The molecule has 2 aromatic rings. The second kappa shape index (κ2) is 5.00. The number of esters is 1. The van der Waals surface area contributed by atoms with Crippen LogP contribution in [0.5, 0.6) is 5.75 Å². The van der Waals surface area contributed by atoms with Crippen molar-refractivity contribution >= 4 is 17.7 Å². The van der Waals surface area contributed by atoms with Crippen LogP contribution in [0.2, 0.25) is 0 Å². The van der Waals surface area contributed by atoms with E-state index in [9.17, 15) is 14.3 Å². The molecule has 0 saturated carbocycles. The lowest BCUT2D eigenvalue weighted by Crippen LogP contribution is -2.06. The third-order valence-electron chi connectivity index (χ3n) is 2.57. The first-order valence-corrected chi connectivity index (χ1v) is 5.44. The first kappa shape index (κ1) is 13.5. The predicted molar refractivity (Wildman–Crippen MR) is 69.3 cm³/mol. The fourth-order valence-electron chi connectivity index (χ4n) is 1.63. The summed E-state index contributed by atoms with van der Waals surface area (Å²) in [5.74, 6) is -2.52. The molecule has 0 unspecified atom stereocenters. The summed E-state index contributed by atoms with van der Waals surface area (Å²) in [6.45, 7) is 0. The molecule has 1 heterocycles. The van der Waals surface area contributed by atoms with Gasteiger partial charge in [0.05, 0.1) is 7.11 Å². The fourth-order valence-corrected chi connectivity index (χ4v) is 1.63. The molecule has 0 spiro atoms. The molecule has 0 aliphatic carbocycles. The number of hydrogen-bond donors (Lipinski definition) is 3. The molecule has 8 heteroatoms. The molecule has 0 atom stereocenters. The number of nitrogens with zero attached hydrogens (tertiary/aromatic N) is 2. The van der Waals surface area contributed by atoms with Crippen LogP contribution in [0, 0.1) is 5.82 Å². The minimum absolute atomic E-state index is 0.125. The van der Waals surface area contributed by atoms with Crippen molar-refractivity contribution in [1.82, 2.24) is 9.97 Å². The Morgan fingerprint density at radius 2 is 2.05 bits per heavy atom. The van der Waals surface area contributed by atoms with Gasteiger partial charge in [-0.1, -0.05) is 0 Å². The Kier molecular flexibility index (Phi) is 3.38. The maximum atomic E-state index is 13.9. The largest absolute Gasteiger partial charge is 0.507 e. The second-order valence-electron chi connectivity index (χ2n) is 3.85. The Labute approximate surface area is 113 Å². The molecule has 104 valence electrons. The van der Waals surface area contributed by atoms with Crippen LogP contribution in [-0.4, -0.2) is 28.2 Å². The van der Waals surface area contributed by atoms with Gasteiger partial charge >= 0.3 is 5.97 Å². The maximum absolute atomic E-state index is 13.9. The Hall–Kier alpha value is -2.90. The van der Waals surface area contributed by atoms with Gasteiger partial charge in [-0.15, -0.1) is 0 Å². The van der Waals surface area contributed by atoms with E-state index >= 15 is 0 Å². The van der Waals surface area contributed by atoms with E-state index in [2.05, 4.69) is 14.7 Å². The highest BCUT2D eigenvalue weighted by Gasteiger charge is 2.17. The van der Waals surface area contributed by atoms with E-state index in [0.717, 1.165) is 7.11 Å². The molecule has 1 aromatic carbocycles. The molecule has 5 N–H and O–H groups in total. The smallest absolute Gasteiger partial charge is 0.341 e. The molecule has 0 saturated heterocycles. The highest BCUT2D eigenvalue weighted by Crippen LogP contribution is 2.28. The zero-order valence-corrected chi connectivity index (χ0v) is 10.4. The molecule has 7 nitrogen and oxygen atoms in total. The van der Waals surface area contributed by atoms with Gasteiger partial charge < -0.3 is 21.3 Å². The number of phenols is 1. The second-order valence-corrected chi connectivity index (χ2v) is 3.85. The topological polar surface area (TPSA) is 124 Å². The first-order valence-electron chi connectivity index (χ1n) is 5.44. The molecule has 0 aliphatic rings. The lowest BCUT2D eigenvalue weighted by molar-refractivity contribution is 0.0597. The number of methoxy groups -OCH3 is 1. The SMILES string of the molecule is COC(=O)c1cc(-c2nc(N)nc(N)c2F)ccc1O. The Bertz CT molecular complexity index is 691. The molecule has 0 amide bonds. The highest BCUT2D eigenvalue weighted by molar-refractivity contribution is 5.93. The first-order chi connectivity index (χ1) is 9.43. The minimum Gasteiger partial charge on any atom is -0.507 e. The molecule has 0 radical (unpaired) electrons. The van der Waals surface area contributed by atoms with Crippen molar-refractivity contribution in [2.75, 3.05) is 18.6 Å². The molecule has 0 aliphatic heterocycles. The fraction of sp³-hybridized carbons (Fsp3) is 0.0833. The summed E-state index contributed by atoms with van der Waals surface area (Å²) in [5.41, 5.74) is 10.7. The van der Waals surface area contributed by atoms with Crippen molar-refractivity contribution in [2.45, 2.75) is 0 Å². The number of rotatable bonds is 2. The van der Waals surface area contributed by atoms with E-state index in [1.807, 2.05) is 0 Å². The number of halogens is 1. The molecule has 0 bridgehead atoms. The zero-order valence-electron chi connectivity index (χ0n) is 10.4. The van der Waals surface area contributed by atoms with Crippen LogP contribution in [0.1, 0.15) is 10.4 Å². The van der Waals surface area contributed by atoms with Gasteiger partial charge in [-0.3, -0.25) is 0 Å². The average Bonchev–Trinajstić information content (AvgIpc) is 2.42. The van der Waals surface area contributed by atoms with Crippen LogP contribution in [0.25, 0.3) is 11.3 Å². The van der Waals surface area contributed by atoms with Crippen LogP contribution >= 0.6 is 0 Å². The number of ether oxygens (including phenoxy) is 1. The van der Waals surface area contributed by atoms with Crippen LogP contribution in [0.3, 0.4) is 0 Å². The summed E-state index contributed by atoms with van der Waals surface area (Å²) >= 11 is 0. The molecular weight excluding hydrogens is 267 g/mol. The van der Waals surface area contributed by atoms with Crippen LogP contribution in [-0.2, 0) is 4.74 Å². The van der Waals surface area contributed by atoms with Crippen molar-refractivity contribution in [1.29, 1.82) is 0 Å². The number of phenolic OH excluding ortho intramolecular Hbond substituents is 1. The number of aromatic hydroxyl groups is 1. The zero-order chi connectivity index (χ0) is 14.9. The lowest BCUT2D eigenvalue weighted by Gasteiger charge is -2.08. The number of benzene rings is 1. The van der Waals surface area contributed by atoms with Crippen molar-refractivity contribution in [3.8, 4) is 17.0 Å². The van der Waals surface area contributed by atoms with Crippen LogP contribution < -0.4 is 11.5 Å². The number of carbonyl (C=O) groups excluding carboxylic acids is 1. The van der Waals surface area contributed by atoms with Gasteiger partial charge in [0.15, 0.2) is 11.6 Å². The number of aromatic nitrogens is 2. The standard InChI is InChI=1S/C12H11FN4O3/c1-20-11(19)6-4-5(2-3-7(6)18)9-8(13)10(14)17-12(15)16-9/h2-4,18H,1H3,(H4,14,15,16,17). The van der Waals surface area contributed by atoms with E-state index < -0.39 is 17.6 Å². The number of carbonyl (C=O) groups is 1. The molecule has 2 rings (SSSR count). The van der Waals surface area contributed by atoms with Gasteiger partial charge in [0, 0.05) is 5.56 Å². The van der Waals surface area contributed by atoms with E-state index in [4.69, 9.17) is 11.5 Å². The van der Waals surface area contributed by atoms with E-state index in [-0.39, 0.29) is 28.5 Å². The summed E-state index contributed by atoms with van der Waals surface area (Å²) in [4.78, 5) is 18.7. The highest BCUT2D eigenvalue weighted by atomic mass is 19.1. The summed E-state index contributed by atoms with van der Waals surface area (Å²) in [5, 5.41) is 9.59.